The molecule has 0 aliphatic carbocycles. The van der Waals surface area contributed by atoms with E-state index in [2.05, 4.69) is 10.2 Å². The van der Waals surface area contributed by atoms with Gasteiger partial charge in [0.15, 0.2) is 0 Å². The van der Waals surface area contributed by atoms with Gasteiger partial charge in [0, 0.05) is 23.0 Å². The quantitative estimate of drug-likeness (QED) is 0.395. The molecule has 0 unspecified atom stereocenters. The SMILES string of the molecule is C[n+]1cnn(CCCOc2ccc(OCCCn3c[n+](C)cn3)cc2)c1. The molecule has 0 atom stereocenters. The van der Waals surface area contributed by atoms with Crippen LogP contribution in [-0.2, 0) is 27.2 Å². The first kappa shape index (κ1) is 17.9. The number of rotatable bonds is 10. The smallest absolute Gasteiger partial charge is 0.264 e. The summed E-state index contributed by atoms with van der Waals surface area (Å²) >= 11 is 0. The fourth-order valence-electron chi connectivity index (χ4n) is 2.53. The van der Waals surface area contributed by atoms with Gasteiger partial charge in [-0.3, -0.25) is 0 Å². The highest BCUT2D eigenvalue weighted by molar-refractivity contribution is 5.31. The maximum atomic E-state index is 5.76. The normalized spacial score (nSPS) is 10.8. The number of ether oxygens (including phenoxy) is 2. The van der Waals surface area contributed by atoms with E-state index in [1.807, 2.05) is 69.5 Å². The van der Waals surface area contributed by atoms with E-state index in [-0.39, 0.29) is 0 Å². The Hall–Kier alpha value is -2.90. The van der Waals surface area contributed by atoms with Crippen molar-refractivity contribution < 1.29 is 18.6 Å². The van der Waals surface area contributed by atoms with Crippen molar-refractivity contribution in [1.82, 2.24) is 19.6 Å². The second-order valence-corrected chi connectivity index (χ2v) is 6.23. The van der Waals surface area contributed by atoms with Gasteiger partial charge in [0.2, 0.25) is 12.7 Å². The van der Waals surface area contributed by atoms with E-state index < -0.39 is 0 Å². The molecular formula is C18H26N6O2+2. The second kappa shape index (κ2) is 8.98. The van der Waals surface area contributed by atoms with Gasteiger partial charge in [-0.15, -0.1) is 9.36 Å². The Bertz CT molecular complexity index is 729. The van der Waals surface area contributed by atoms with Crippen LogP contribution in [0.25, 0.3) is 0 Å². The summed E-state index contributed by atoms with van der Waals surface area (Å²) in [5, 5.41) is 8.46. The topological polar surface area (TPSA) is 61.9 Å². The zero-order valence-electron chi connectivity index (χ0n) is 15.4. The van der Waals surface area contributed by atoms with E-state index in [0.717, 1.165) is 37.4 Å². The molecule has 3 rings (SSSR count). The third-order valence-corrected chi connectivity index (χ3v) is 3.82. The van der Waals surface area contributed by atoms with Gasteiger partial charge in [0.25, 0.3) is 12.7 Å². The summed E-state index contributed by atoms with van der Waals surface area (Å²) < 4.78 is 19.2. The molecule has 1 aromatic carbocycles. The fraction of sp³-hybridized carbons (Fsp3) is 0.444. The zero-order valence-corrected chi connectivity index (χ0v) is 15.4. The van der Waals surface area contributed by atoms with Crippen molar-refractivity contribution in [1.29, 1.82) is 0 Å². The predicted molar refractivity (Wildman–Crippen MR) is 93.5 cm³/mol. The van der Waals surface area contributed by atoms with E-state index >= 15 is 0 Å². The highest BCUT2D eigenvalue weighted by Gasteiger charge is 2.04. The summed E-state index contributed by atoms with van der Waals surface area (Å²) in [4.78, 5) is 0. The molecule has 8 nitrogen and oxygen atoms in total. The van der Waals surface area contributed by atoms with Crippen LogP contribution in [0.1, 0.15) is 12.8 Å². The van der Waals surface area contributed by atoms with E-state index in [0.29, 0.717) is 13.2 Å². The van der Waals surface area contributed by atoms with Gasteiger partial charge in [-0.2, -0.15) is 0 Å². The molecule has 0 bridgehead atoms. The van der Waals surface area contributed by atoms with Crippen LogP contribution >= 0.6 is 0 Å². The first-order chi connectivity index (χ1) is 12.7. The Balaban J connectivity index is 1.31. The highest BCUT2D eigenvalue weighted by atomic mass is 16.5. The van der Waals surface area contributed by atoms with Gasteiger partial charge >= 0.3 is 0 Å². The number of hydrogen-bond acceptors (Lipinski definition) is 4. The van der Waals surface area contributed by atoms with Gasteiger partial charge in [0.1, 0.15) is 24.6 Å². The zero-order chi connectivity index (χ0) is 18.2. The lowest BCUT2D eigenvalue weighted by molar-refractivity contribution is -0.672. The first-order valence-corrected chi connectivity index (χ1v) is 8.80. The Morgan fingerprint density at radius 3 is 1.54 bits per heavy atom. The molecule has 0 saturated carbocycles. The lowest BCUT2D eigenvalue weighted by atomic mass is 10.3. The molecule has 0 aliphatic heterocycles. The summed E-state index contributed by atoms with van der Waals surface area (Å²) in [6.45, 7) is 3.00. The van der Waals surface area contributed by atoms with E-state index in [4.69, 9.17) is 9.47 Å². The summed E-state index contributed by atoms with van der Waals surface area (Å²) in [7, 11) is 3.92. The molecule has 2 heterocycles. The minimum atomic E-state index is 0.658. The van der Waals surface area contributed by atoms with Crippen molar-refractivity contribution in [3.8, 4) is 11.5 Å². The summed E-state index contributed by atoms with van der Waals surface area (Å²) in [6.07, 6.45) is 9.30. The molecule has 0 amide bonds. The monoisotopic (exact) mass is 358 g/mol. The average molecular weight is 358 g/mol. The number of benzene rings is 1. The van der Waals surface area contributed by atoms with Crippen molar-refractivity contribution in [2.45, 2.75) is 25.9 Å². The van der Waals surface area contributed by atoms with E-state index in [9.17, 15) is 0 Å². The molecule has 0 N–H and O–H groups in total. The van der Waals surface area contributed by atoms with Crippen molar-refractivity contribution in [2.75, 3.05) is 13.2 Å². The molecule has 0 aliphatic rings. The summed E-state index contributed by atoms with van der Waals surface area (Å²) in [6, 6.07) is 7.76. The molecule has 2 aromatic heterocycles. The Morgan fingerprint density at radius 1 is 0.769 bits per heavy atom. The van der Waals surface area contributed by atoms with Crippen molar-refractivity contribution in [3.05, 3.63) is 49.6 Å². The molecule has 0 saturated heterocycles. The fourth-order valence-corrected chi connectivity index (χ4v) is 2.53. The van der Waals surface area contributed by atoms with Gasteiger partial charge in [0.05, 0.1) is 27.3 Å². The average Bonchev–Trinajstić information content (AvgIpc) is 3.25. The van der Waals surface area contributed by atoms with E-state index in [1.165, 1.54) is 0 Å². The standard InChI is InChI=1S/C18H26N6O2/c1-21-13-19-23(15-21)9-3-11-25-17-5-7-18(8-6-17)26-12-4-10-24-16-22(2)14-20-24/h5-8,13-16H,3-4,9-12H2,1-2H3/q+2. The minimum absolute atomic E-state index is 0.658. The molecule has 0 spiro atoms. The van der Waals surface area contributed by atoms with Crippen LogP contribution in [-0.4, -0.2) is 32.8 Å². The maximum absolute atomic E-state index is 5.76. The number of aromatic nitrogens is 6. The minimum Gasteiger partial charge on any atom is -0.493 e. The van der Waals surface area contributed by atoms with Crippen molar-refractivity contribution in [2.24, 2.45) is 14.1 Å². The van der Waals surface area contributed by atoms with Crippen LogP contribution in [0.15, 0.2) is 49.6 Å². The Morgan fingerprint density at radius 2 is 1.19 bits per heavy atom. The second-order valence-electron chi connectivity index (χ2n) is 6.23. The summed E-state index contributed by atoms with van der Waals surface area (Å²) in [5.74, 6) is 1.71. The van der Waals surface area contributed by atoms with Gasteiger partial charge in [-0.05, 0) is 24.3 Å². The molecule has 8 heteroatoms. The van der Waals surface area contributed by atoms with Gasteiger partial charge in [-0.1, -0.05) is 0 Å². The third-order valence-electron chi connectivity index (χ3n) is 3.82. The Kier molecular flexibility index (Phi) is 6.19. The van der Waals surface area contributed by atoms with Gasteiger partial charge in [-0.25, -0.2) is 9.13 Å². The number of aryl methyl sites for hydroxylation is 4. The molecule has 0 fully saturated rings. The largest absolute Gasteiger partial charge is 0.493 e. The molecule has 3 aromatic rings. The van der Waals surface area contributed by atoms with E-state index in [1.54, 1.807) is 12.7 Å². The molecule has 0 radical (unpaired) electrons. The van der Waals surface area contributed by atoms with Crippen molar-refractivity contribution in [3.63, 3.8) is 0 Å². The number of hydrogen-bond donors (Lipinski definition) is 0. The molecule has 26 heavy (non-hydrogen) atoms. The lowest BCUT2D eigenvalue weighted by Crippen LogP contribution is -2.23. The summed E-state index contributed by atoms with van der Waals surface area (Å²) in [5.41, 5.74) is 0. The first-order valence-electron chi connectivity index (χ1n) is 8.80. The third kappa shape index (κ3) is 5.58. The van der Waals surface area contributed by atoms with Crippen LogP contribution in [0.3, 0.4) is 0 Å². The Labute approximate surface area is 153 Å². The van der Waals surface area contributed by atoms with Crippen LogP contribution in [0, 0.1) is 0 Å². The highest BCUT2D eigenvalue weighted by Crippen LogP contribution is 2.18. The lowest BCUT2D eigenvalue weighted by Gasteiger charge is -2.08. The van der Waals surface area contributed by atoms with Gasteiger partial charge < -0.3 is 9.47 Å². The van der Waals surface area contributed by atoms with Crippen molar-refractivity contribution >= 4 is 0 Å². The maximum Gasteiger partial charge on any atom is 0.264 e. The predicted octanol–water partition coefficient (Wildman–Crippen LogP) is 0.667. The number of nitrogens with zero attached hydrogens (tertiary/aromatic N) is 6. The molecule has 138 valence electrons. The molecular weight excluding hydrogens is 332 g/mol. The van der Waals surface area contributed by atoms with Crippen LogP contribution < -0.4 is 18.6 Å². The van der Waals surface area contributed by atoms with Crippen LogP contribution in [0.4, 0.5) is 0 Å². The van der Waals surface area contributed by atoms with Crippen LogP contribution in [0.2, 0.25) is 0 Å². The van der Waals surface area contributed by atoms with Crippen LogP contribution in [0.5, 0.6) is 11.5 Å².